The Kier molecular flexibility index (Phi) is 7.17. The topological polar surface area (TPSA) is 70.2 Å². The molecule has 2 amide bonds. The highest BCUT2D eigenvalue weighted by molar-refractivity contribution is 5.99. The van der Waals surface area contributed by atoms with Crippen LogP contribution in [0.3, 0.4) is 0 Å². The van der Waals surface area contributed by atoms with E-state index in [2.05, 4.69) is 16.0 Å². The molecule has 0 heterocycles. The van der Waals surface area contributed by atoms with Crippen LogP contribution in [0.15, 0.2) is 18.2 Å². The van der Waals surface area contributed by atoms with Gasteiger partial charge in [0.15, 0.2) is 0 Å². The van der Waals surface area contributed by atoms with Gasteiger partial charge in [0.05, 0.1) is 23.5 Å². The van der Waals surface area contributed by atoms with E-state index in [1.807, 2.05) is 0 Å². The third kappa shape index (κ3) is 6.01. The summed E-state index contributed by atoms with van der Waals surface area (Å²) in [4.78, 5) is 22.4. The molecule has 0 saturated heterocycles. The molecule has 3 N–H and O–H groups in total. The van der Waals surface area contributed by atoms with Gasteiger partial charge in [-0.1, -0.05) is 0 Å². The fraction of sp³-hybridized carbons (Fsp3) is 0.333. The number of hydrogen-bond donors (Lipinski definition) is 3. The number of anilines is 2. The van der Waals surface area contributed by atoms with E-state index < -0.39 is 23.6 Å². The van der Waals surface area contributed by atoms with Gasteiger partial charge in [0.2, 0.25) is 11.8 Å². The maximum absolute atomic E-state index is 12.6. The minimum Gasteiger partial charge on any atom is -0.325 e. The number of likely N-dealkylation sites (N-methyl/N-ethyl adjacent to an activating group) is 1. The van der Waals surface area contributed by atoms with Crippen LogP contribution in [0, 0.1) is 0 Å². The SMILES string of the molecule is CNCC(=O)Nc1cc(C(F)(F)F)ccc1NC(C)=O.Cl. The predicted octanol–water partition coefficient (Wildman–Crippen LogP) is 2.24. The monoisotopic (exact) mass is 325 g/mol. The first-order valence-corrected chi connectivity index (χ1v) is 5.67. The lowest BCUT2D eigenvalue weighted by Gasteiger charge is -2.14. The summed E-state index contributed by atoms with van der Waals surface area (Å²) in [5.41, 5.74) is -0.906. The van der Waals surface area contributed by atoms with E-state index in [4.69, 9.17) is 0 Å². The van der Waals surface area contributed by atoms with Crippen molar-refractivity contribution in [1.29, 1.82) is 0 Å². The zero-order valence-electron chi connectivity index (χ0n) is 11.3. The number of halogens is 4. The standard InChI is InChI=1S/C12H14F3N3O2.ClH/c1-7(19)17-9-4-3-8(12(13,14)15)5-10(9)18-11(20)6-16-2;/h3-5,16H,6H2,1-2H3,(H,17,19)(H,18,20);1H. The van der Waals surface area contributed by atoms with Gasteiger partial charge in [-0.05, 0) is 25.2 Å². The molecule has 0 bridgehead atoms. The maximum atomic E-state index is 12.6. The molecule has 0 radical (unpaired) electrons. The average molecular weight is 326 g/mol. The second kappa shape index (κ2) is 7.84. The fourth-order valence-electron chi connectivity index (χ4n) is 1.48. The molecule has 0 fully saturated rings. The molecule has 1 aromatic rings. The van der Waals surface area contributed by atoms with Crippen molar-refractivity contribution in [3.63, 3.8) is 0 Å². The van der Waals surface area contributed by atoms with Gasteiger partial charge in [0, 0.05) is 6.92 Å². The van der Waals surface area contributed by atoms with Crippen molar-refractivity contribution in [1.82, 2.24) is 5.32 Å². The molecule has 9 heteroatoms. The Balaban J connectivity index is 0.00000400. The lowest BCUT2D eigenvalue weighted by atomic mass is 10.1. The summed E-state index contributed by atoms with van der Waals surface area (Å²) in [7, 11) is 1.53. The van der Waals surface area contributed by atoms with Crippen molar-refractivity contribution in [2.24, 2.45) is 0 Å². The van der Waals surface area contributed by atoms with Crippen LogP contribution in [0.2, 0.25) is 0 Å². The second-order valence-corrected chi connectivity index (χ2v) is 4.02. The predicted molar refractivity (Wildman–Crippen MR) is 75.6 cm³/mol. The van der Waals surface area contributed by atoms with Gasteiger partial charge < -0.3 is 16.0 Å². The summed E-state index contributed by atoms with van der Waals surface area (Å²) in [5, 5.41) is 7.24. The van der Waals surface area contributed by atoms with Crippen molar-refractivity contribution in [2.75, 3.05) is 24.2 Å². The van der Waals surface area contributed by atoms with Crippen LogP contribution in [0.25, 0.3) is 0 Å². The van der Waals surface area contributed by atoms with Crippen molar-refractivity contribution in [3.05, 3.63) is 23.8 Å². The van der Waals surface area contributed by atoms with Crippen molar-refractivity contribution in [3.8, 4) is 0 Å². The van der Waals surface area contributed by atoms with E-state index >= 15 is 0 Å². The number of carbonyl (C=O) groups is 2. The van der Waals surface area contributed by atoms with Gasteiger partial charge in [-0.25, -0.2) is 0 Å². The van der Waals surface area contributed by atoms with Gasteiger partial charge in [-0.15, -0.1) is 12.4 Å². The van der Waals surface area contributed by atoms with Gasteiger partial charge in [0.1, 0.15) is 0 Å². The molecule has 0 aromatic heterocycles. The van der Waals surface area contributed by atoms with E-state index in [0.29, 0.717) is 0 Å². The molecule has 0 spiro atoms. The van der Waals surface area contributed by atoms with Gasteiger partial charge in [-0.2, -0.15) is 13.2 Å². The van der Waals surface area contributed by atoms with Crippen molar-refractivity contribution >= 4 is 35.6 Å². The molecule has 1 rings (SSSR count). The Morgan fingerprint density at radius 1 is 1.14 bits per heavy atom. The smallest absolute Gasteiger partial charge is 0.325 e. The van der Waals surface area contributed by atoms with E-state index in [1.165, 1.54) is 14.0 Å². The minimum absolute atomic E-state index is 0. The summed E-state index contributed by atoms with van der Waals surface area (Å²) in [6.07, 6.45) is -4.53. The number of benzene rings is 1. The highest BCUT2D eigenvalue weighted by Crippen LogP contribution is 2.34. The molecule has 0 aliphatic rings. The van der Waals surface area contributed by atoms with Crippen LogP contribution < -0.4 is 16.0 Å². The highest BCUT2D eigenvalue weighted by atomic mass is 35.5. The molecular formula is C12H15ClF3N3O2. The highest BCUT2D eigenvalue weighted by Gasteiger charge is 2.31. The number of rotatable bonds is 4. The molecule has 118 valence electrons. The Morgan fingerprint density at radius 2 is 1.76 bits per heavy atom. The quantitative estimate of drug-likeness (QED) is 0.795. The van der Waals surface area contributed by atoms with Crippen molar-refractivity contribution in [2.45, 2.75) is 13.1 Å². The lowest BCUT2D eigenvalue weighted by molar-refractivity contribution is -0.137. The maximum Gasteiger partial charge on any atom is 0.416 e. The van der Waals surface area contributed by atoms with Crippen LogP contribution in [0.4, 0.5) is 24.5 Å². The van der Waals surface area contributed by atoms with E-state index in [1.54, 1.807) is 0 Å². The number of nitrogens with one attached hydrogen (secondary N) is 3. The summed E-state index contributed by atoms with van der Waals surface area (Å²) in [6, 6.07) is 2.71. The normalized spacial score (nSPS) is 10.5. The summed E-state index contributed by atoms with van der Waals surface area (Å²) < 4.78 is 37.9. The molecule has 0 atom stereocenters. The number of carbonyl (C=O) groups excluding carboxylic acids is 2. The zero-order valence-corrected chi connectivity index (χ0v) is 12.1. The Hall–Kier alpha value is -1.80. The number of hydrogen-bond acceptors (Lipinski definition) is 3. The van der Waals surface area contributed by atoms with Crippen molar-refractivity contribution < 1.29 is 22.8 Å². The number of amides is 2. The van der Waals surface area contributed by atoms with Crippen LogP contribution in [-0.4, -0.2) is 25.4 Å². The molecule has 0 unspecified atom stereocenters. The molecule has 1 aromatic carbocycles. The molecule has 5 nitrogen and oxygen atoms in total. The molecule has 0 aliphatic heterocycles. The zero-order chi connectivity index (χ0) is 15.3. The van der Waals surface area contributed by atoms with E-state index in [9.17, 15) is 22.8 Å². The third-order valence-electron chi connectivity index (χ3n) is 2.27. The third-order valence-corrected chi connectivity index (χ3v) is 2.27. The Bertz CT molecular complexity index is 521. The first-order chi connectivity index (χ1) is 9.24. The first kappa shape index (κ1) is 19.2. The average Bonchev–Trinajstić information content (AvgIpc) is 2.29. The molecular weight excluding hydrogens is 311 g/mol. The van der Waals surface area contributed by atoms with Gasteiger partial charge >= 0.3 is 6.18 Å². The van der Waals surface area contributed by atoms with E-state index in [0.717, 1.165) is 18.2 Å². The molecule has 21 heavy (non-hydrogen) atoms. The minimum atomic E-state index is -4.53. The molecule has 0 aliphatic carbocycles. The van der Waals surface area contributed by atoms with E-state index in [-0.39, 0.29) is 30.3 Å². The number of alkyl halides is 3. The largest absolute Gasteiger partial charge is 0.416 e. The summed E-state index contributed by atoms with van der Waals surface area (Å²) in [6.45, 7) is 1.16. The van der Waals surface area contributed by atoms with Crippen LogP contribution in [-0.2, 0) is 15.8 Å². The van der Waals surface area contributed by atoms with Crippen LogP contribution in [0.5, 0.6) is 0 Å². The summed E-state index contributed by atoms with van der Waals surface area (Å²) >= 11 is 0. The van der Waals surface area contributed by atoms with Gasteiger partial charge in [0.25, 0.3) is 0 Å². The van der Waals surface area contributed by atoms with Crippen LogP contribution >= 0.6 is 12.4 Å². The second-order valence-electron chi connectivity index (χ2n) is 4.02. The first-order valence-electron chi connectivity index (χ1n) is 5.67. The fourth-order valence-corrected chi connectivity index (χ4v) is 1.48. The van der Waals surface area contributed by atoms with Crippen LogP contribution in [0.1, 0.15) is 12.5 Å². The lowest BCUT2D eigenvalue weighted by Crippen LogP contribution is -2.26. The van der Waals surface area contributed by atoms with Gasteiger partial charge in [-0.3, -0.25) is 9.59 Å². The Morgan fingerprint density at radius 3 is 2.24 bits per heavy atom. The Labute approximate surface area is 125 Å². The molecule has 0 saturated carbocycles. The summed E-state index contributed by atoms with van der Waals surface area (Å²) in [5.74, 6) is -0.965.